The average Bonchev–Trinajstić information content (AvgIpc) is 3.69. The molecule has 9 rings (SSSR count). The number of fused-ring (bicyclic) bond motifs is 1. The molecule has 7 aromatic carbocycles. The number of aromatic hydroxyl groups is 1. The first-order valence-corrected chi connectivity index (χ1v) is 21.1. The number of hydrogen-bond donors (Lipinski definition) is 1. The Morgan fingerprint density at radius 2 is 1.33 bits per heavy atom. The van der Waals surface area contributed by atoms with Crippen LogP contribution in [0.2, 0.25) is 0 Å². The van der Waals surface area contributed by atoms with Gasteiger partial charge in [-0.25, -0.2) is 4.98 Å². The summed E-state index contributed by atoms with van der Waals surface area (Å²) >= 11 is 0. The van der Waals surface area contributed by atoms with Gasteiger partial charge in [0.1, 0.15) is 11.6 Å². The predicted molar refractivity (Wildman–Crippen MR) is 259 cm³/mol. The molecule has 0 aliphatic rings. The van der Waals surface area contributed by atoms with Crippen molar-refractivity contribution in [3.05, 3.63) is 192 Å². The molecule has 2 aromatic heterocycles. The summed E-state index contributed by atoms with van der Waals surface area (Å²) in [6, 6.07) is 53.7. The number of imidazole rings is 1. The van der Waals surface area contributed by atoms with Crippen LogP contribution in [0.4, 0.5) is 0 Å². The molecule has 0 amide bonds. The van der Waals surface area contributed by atoms with Crippen molar-refractivity contribution in [2.75, 3.05) is 0 Å². The molecule has 0 atom stereocenters. The minimum atomic E-state index is -2.42. The smallest absolute Gasteiger partial charge is 0.148 e. The first-order chi connectivity index (χ1) is 31.3. The summed E-state index contributed by atoms with van der Waals surface area (Å²) in [6.07, 6.45) is 1.83. The van der Waals surface area contributed by atoms with Gasteiger partial charge in [-0.3, -0.25) is 9.55 Å². The van der Waals surface area contributed by atoms with Crippen molar-refractivity contribution < 1.29 is 31.7 Å². The van der Waals surface area contributed by atoms with Crippen molar-refractivity contribution in [1.29, 1.82) is 0 Å². The van der Waals surface area contributed by atoms with Crippen molar-refractivity contribution in [2.45, 2.75) is 66.6 Å². The van der Waals surface area contributed by atoms with Crippen LogP contribution in [-0.4, -0.2) is 19.6 Å². The van der Waals surface area contributed by atoms with Gasteiger partial charge in [0, 0.05) is 44.0 Å². The van der Waals surface area contributed by atoms with Gasteiger partial charge >= 0.3 is 0 Å². The number of pyridine rings is 1. The molecule has 0 aliphatic heterocycles. The van der Waals surface area contributed by atoms with Crippen LogP contribution >= 0.6 is 0 Å². The van der Waals surface area contributed by atoms with Crippen molar-refractivity contribution >= 4 is 11.0 Å². The first kappa shape index (κ1) is 38.3. The Morgan fingerprint density at radius 1 is 0.651 bits per heavy atom. The summed E-state index contributed by atoms with van der Waals surface area (Å²) in [6.45, 7) is 11.9. The number of benzene rings is 7. The number of phenols is 1. The number of aryl methyl sites for hydroxylation is 3. The summed E-state index contributed by atoms with van der Waals surface area (Å²) in [7, 11) is 0. The average molecular weight is 1010 g/mol. The van der Waals surface area contributed by atoms with Crippen LogP contribution in [0.5, 0.6) is 5.75 Å². The molecule has 2 heterocycles. The summed E-state index contributed by atoms with van der Waals surface area (Å²) < 4.78 is 36.9. The maximum absolute atomic E-state index is 11.9. The Labute approximate surface area is 392 Å². The van der Waals surface area contributed by atoms with E-state index in [0.29, 0.717) is 28.0 Å². The Balaban J connectivity index is 0.00000608. The zero-order valence-electron chi connectivity index (χ0n) is 40.6. The van der Waals surface area contributed by atoms with E-state index in [0.717, 1.165) is 78.1 Å². The number of para-hydroxylation sites is 1. The van der Waals surface area contributed by atoms with Crippen LogP contribution in [0.15, 0.2) is 158 Å². The topological polar surface area (TPSA) is 50.9 Å². The van der Waals surface area contributed by atoms with Gasteiger partial charge < -0.3 is 5.11 Å². The van der Waals surface area contributed by atoms with Crippen LogP contribution in [0.3, 0.4) is 0 Å². The molecule has 0 saturated carbocycles. The van der Waals surface area contributed by atoms with Crippen molar-refractivity contribution in [3.63, 3.8) is 0 Å². The van der Waals surface area contributed by atoms with Crippen molar-refractivity contribution in [3.8, 4) is 78.6 Å². The monoisotopic (exact) mass is 1010 g/mol. The van der Waals surface area contributed by atoms with E-state index >= 15 is 0 Å². The van der Waals surface area contributed by atoms with Gasteiger partial charge in [0.05, 0.1) is 22.3 Å². The minimum Gasteiger partial charge on any atom is -0.507 e. The van der Waals surface area contributed by atoms with E-state index in [1.807, 2.05) is 143 Å². The van der Waals surface area contributed by atoms with Gasteiger partial charge in [0.15, 0.2) is 0 Å². The van der Waals surface area contributed by atoms with Gasteiger partial charge in [-0.1, -0.05) is 155 Å². The molecule has 9 aromatic rings. The van der Waals surface area contributed by atoms with E-state index < -0.39 is 12.7 Å². The van der Waals surface area contributed by atoms with Gasteiger partial charge in [-0.15, -0.1) is 29.3 Å². The Kier molecular flexibility index (Phi) is 10.6. The normalized spacial score (nSPS) is 12.9. The van der Waals surface area contributed by atoms with Gasteiger partial charge in [0.25, 0.3) is 0 Å². The first-order valence-electron chi connectivity index (χ1n) is 23.1. The molecule has 0 spiro atoms. The molecular formula is C58H52N3OPt-. The standard InChI is InChI=1S/C58H52N3O.Pt/c1-36(2)40-22-24-41(25-23-40)44-26-27-59-52(34-44)46-31-45(32-47(33-46)58(6,7)8)48-20-15-21-53-55(48)60-57(51-29-37(3)28-39(5)56(51)62)61(53)54-35-49(42-16-11-9-12-17-42)38(4)30-50(54)43-18-13-10-14-19-43;/h9-30,32-36,62H,1-8H3;/q-1;/i4D3,36D;. The maximum Gasteiger partial charge on any atom is 0.148 e. The number of rotatable bonds is 8. The van der Waals surface area contributed by atoms with Gasteiger partial charge in [-0.2, -0.15) is 0 Å². The molecule has 0 fully saturated rings. The molecule has 0 aliphatic carbocycles. The van der Waals surface area contributed by atoms with E-state index in [1.54, 1.807) is 6.07 Å². The fraction of sp³-hybridized carbons (Fsp3) is 0.172. The number of nitrogens with zero attached hydrogens (tertiary/aromatic N) is 3. The summed E-state index contributed by atoms with van der Waals surface area (Å²) in [5.74, 6) is -0.0602. The molecule has 0 radical (unpaired) electrons. The van der Waals surface area contributed by atoms with Gasteiger partial charge in [-0.05, 0) is 112 Å². The molecule has 0 saturated heterocycles. The van der Waals surface area contributed by atoms with E-state index in [2.05, 4.69) is 67.8 Å². The fourth-order valence-corrected chi connectivity index (χ4v) is 8.39. The number of aromatic nitrogens is 3. The molecular weight excluding hydrogens is 950 g/mol. The predicted octanol–water partition coefficient (Wildman–Crippen LogP) is 15.3. The van der Waals surface area contributed by atoms with Crippen LogP contribution in [0.1, 0.15) is 73.8 Å². The van der Waals surface area contributed by atoms with Crippen molar-refractivity contribution in [1.82, 2.24) is 14.5 Å². The second kappa shape index (κ2) is 17.4. The van der Waals surface area contributed by atoms with Crippen molar-refractivity contribution in [2.24, 2.45) is 0 Å². The second-order valence-electron chi connectivity index (χ2n) is 17.5. The Bertz CT molecular complexity index is 3270. The third kappa shape index (κ3) is 8.45. The molecule has 1 N–H and O–H groups in total. The van der Waals surface area contributed by atoms with Crippen LogP contribution in [0, 0.1) is 26.8 Å². The summed E-state index contributed by atoms with van der Waals surface area (Å²) in [5, 5.41) is 11.9. The molecule has 316 valence electrons. The number of hydrogen-bond acceptors (Lipinski definition) is 3. The van der Waals surface area contributed by atoms with Gasteiger partial charge in [0.2, 0.25) is 0 Å². The van der Waals surface area contributed by atoms with Crippen LogP contribution in [-0.2, 0) is 26.5 Å². The molecule has 4 nitrogen and oxygen atoms in total. The third-order valence-corrected chi connectivity index (χ3v) is 11.8. The van der Waals surface area contributed by atoms with E-state index in [4.69, 9.17) is 15.5 Å². The maximum atomic E-state index is 11.9. The second-order valence-corrected chi connectivity index (χ2v) is 17.5. The van der Waals surface area contributed by atoms with Crippen LogP contribution < -0.4 is 0 Å². The molecule has 0 unspecified atom stereocenters. The molecule has 0 bridgehead atoms. The molecule has 63 heavy (non-hydrogen) atoms. The van der Waals surface area contributed by atoms with Crippen LogP contribution in [0.25, 0.3) is 83.9 Å². The SMILES string of the molecule is [2H]C([2H])([2H])c1cc(-c2ccccc2)c(-n2c(-c3cc(C)cc(C)c3O)nc3c(-c4[c-]c(-c5cc(-c6ccc(C([2H])(C)C)cc6)ccn5)cc(C(C)(C)C)c4)cccc32)cc1-c1ccccc1.[Pt]. The minimum absolute atomic E-state index is 0. The Hall–Kier alpha value is -6.35. The zero-order chi connectivity index (χ0) is 46.7. The zero-order valence-corrected chi connectivity index (χ0v) is 38.9. The fourth-order valence-electron chi connectivity index (χ4n) is 8.39. The van der Waals surface area contributed by atoms with E-state index in [-0.39, 0.29) is 37.8 Å². The largest absolute Gasteiger partial charge is 0.507 e. The number of phenolic OH excluding ortho intramolecular Hbond substituents is 1. The van der Waals surface area contributed by atoms with E-state index in [1.165, 1.54) is 0 Å². The van der Waals surface area contributed by atoms with E-state index in [9.17, 15) is 5.11 Å². The quantitative estimate of drug-likeness (QED) is 0.154. The molecule has 5 heteroatoms. The summed E-state index contributed by atoms with van der Waals surface area (Å²) in [4.78, 5) is 10.4. The summed E-state index contributed by atoms with van der Waals surface area (Å²) in [5.41, 5.74) is 14.7. The third-order valence-electron chi connectivity index (χ3n) is 11.8. The Morgan fingerprint density at radius 3 is 2.00 bits per heavy atom.